The van der Waals surface area contributed by atoms with Gasteiger partial charge in [-0.3, -0.25) is 4.84 Å². The van der Waals surface area contributed by atoms with Crippen molar-refractivity contribution < 1.29 is 23.8 Å². The smallest absolute Gasteiger partial charge is 0.171 e. The molecular weight excluding hydrogens is 382 g/mol. The zero-order chi connectivity index (χ0) is 21.8. The molecule has 1 unspecified atom stereocenters. The Morgan fingerprint density at radius 1 is 0.967 bits per heavy atom. The van der Waals surface area contributed by atoms with E-state index >= 15 is 0 Å². The van der Waals surface area contributed by atoms with Gasteiger partial charge in [0.05, 0.1) is 13.2 Å². The minimum Gasteiger partial charge on any atom is -0.491 e. The van der Waals surface area contributed by atoms with Crippen LogP contribution in [0.3, 0.4) is 0 Å². The van der Waals surface area contributed by atoms with Crippen LogP contribution < -0.4 is 4.74 Å². The van der Waals surface area contributed by atoms with E-state index in [1.165, 1.54) is 5.56 Å². The van der Waals surface area contributed by atoms with Gasteiger partial charge < -0.3 is 18.9 Å². The van der Waals surface area contributed by atoms with Gasteiger partial charge in [-0.2, -0.15) is 5.06 Å². The normalized spacial score (nSPS) is 24.5. The lowest BCUT2D eigenvalue weighted by Gasteiger charge is -2.57. The Morgan fingerprint density at radius 2 is 1.53 bits per heavy atom. The van der Waals surface area contributed by atoms with Crippen molar-refractivity contribution in [1.82, 2.24) is 5.06 Å². The van der Waals surface area contributed by atoms with Crippen molar-refractivity contribution in [3.63, 3.8) is 0 Å². The largest absolute Gasteiger partial charge is 0.491 e. The molecule has 2 heterocycles. The van der Waals surface area contributed by atoms with Crippen LogP contribution in [0.5, 0.6) is 5.75 Å². The minimum atomic E-state index is -0.558. The number of hydrogen-bond acceptors (Lipinski definition) is 6. The van der Waals surface area contributed by atoms with E-state index in [2.05, 4.69) is 44.9 Å². The van der Waals surface area contributed by atoms with E-state index in [4.69, 9.17) is 23.8 Å². The molecule has 0 amide bonds. The van der Waals surface area contributed by atoms with Crippen LogP contribution in [0.4, 0.5) is 0 Å². The van der Waals surface area contributed by atoms with Gasteiger partial charge in [0.2, 0.25) is 0 Å². The van der Waals surface area contributed by atoms with E-state index in [1.54, 1.807) is 0 Å². The molecule has 0 bridgehead atoms. The molecule has 30 heavy (non-hydrogen) atoms. The third kappa shape index (κ3) is 5.95. The molecule has 6 nitrogen and oxygen atoms in total. The predicted octanol–water partition coefficient (Wildman–Crippen LogP) is 4.36. The van der Waals surface area contributed by atoms with Gasteiger partial charge in [0, 0.05) is 37.1 Å². The van der Waals surface area contributed by atoms with Gasteiger partial charge in [-0.15, -0.1) is 0 Å². The van der Waals surface area contributed by atoms with Crippen molar-refractivity contribution in [2.45, 2.75) is 83.8 Å². The maximum absolute atomic E-state index is 6.36. The maximum atomic E-state index is 6.36. The molecule has 2 aliphatic heterocycles. The molecule has 1 aromatic carbocycles. The Hall–Kier alpha value is -1.18. The quantitative estimate of drug-likeness (QED) is 0.391. The lowest BCUT2D eigenvalue weighted by molar-refractivity contribution is -0.355. The van der Waals surface area contributed by atoms with E-state index in [9.17, 15) is 0 Å². The highest BCUT2D eigenvalue weighted by Crippen LogP contribution is 2.46. The Kier molecular flexibility index (Phi) is 7.46. The van der Waals surface area contributed by atoms with E-state index < -0.39 is 5.79 Å². The van der Waals surface area contributed by atoms with Gasteiger partial charge in [0.15, 0.2) is 5.79 Å². The number of hydroxylamine groups is 2. The highest BCUT2D eigenvalue weighted by molar-refractivity contribution is 5.27. The highest BCUT2D eigenvalue weighted by atomic mass is 16.7. The second kappa shape index (κ2) is 9.53. The molecular formula is C24H39NO5. The molecule has 170 valence electrons. The lowest BCUT2D eigenvalue weighted by atomic mass is 9.78. The van der Waals surface area contributed by atoms with Gasteiger partial charge >= 0.3 is 0 Å². The van der Waals surface area contributed by atoms with Crippen molar-refractivity contribution in [2.75, 3.05) is 33.0 Å². The van der Waals surface area contributed by atoms with Gasteiger partial charge in [0.1, 0.15) is 18.5 Å². The highest BCUT2D eigenvalue weighted by Gasteiger charge is 2.54. The predicted molar refractivity (Wildman–Crippen MR) is 117 cm³/mol. The Labute approximate surface area is 181 Å². The molecule has 0 spiro atoms. The number of epoxide rings is 1. The van der Waals surface area contributed by atoms with Crippen LogP contribution in [-0.2, 0) is 25.5 Å². The molecule has 0 radical (unpaired) electrons. The summed E-state index contributed by atoms with van der Waals surface area (Å²) in [7, 11) is 0. The van der Waals surface area contributed by atoms with Crippen molar-refractivity contribution >= 4 is 0 Å². The summed E-state index contributed by atoms with van der Waals surface area (Å²) < 4.78 is 23.1. The number of piperidine rings is 1. The average Bonchev–Trinajstić information content (AvgIpc) is 3.47. The fraction of sp³-hybridized carbons (Fsp3) is 0.750. The van der Waals surface area contributed by atoms with Gasteiger partial charge in [0.25, 0.3) is 0 Å². The molecule has 3 rings (SSSR count). The monoisotopic (exact) mass is 421 g/mol. The van der Waals surface area contributed by atoms with Crippen molar-refractivity contribution in [1.29, 1.82) is 0 Å². The molecule has 0 aliphatic carbocycles. The molecule has 2 saturated heterocycles. The SMILES string of the molecule is CCOC1(OCC)CC(C)(C)N(OCCc2ccc(OCC3CO3)cc2)C(C)(C)C1. The summed E-state index contributed by atoms with van der Waals surface area (Å²) >= 11 is 0. The molecule has 1 aromatic rings. The van der Waals surface area contributed by atoms with Crippen LogP contribution in [0.1, 0.15) is 59.9 Å². The molecule has 0 N–H and O–H groups in total. The van der Waals surface area contributed by atoms with Crippen LogP contribution in [0.15, 0.2) is 24.3 Å². The lowest BCUT2D eigenvalue weighted by Crippen LogP contribution is -2.66. The van der Waals surface area contributed by atoms with Crippen LogP contribution in [-0.4, -0.2) is 61.1 Å². The van der Waals surface area contributed by atoms with Gasteiger partial charge in [-0.25, -0.2) is 0 Å². The molecule has 2 aliphatic rings. The Balaban J connectivity index is 1.56. The standard InChI is InChI=1S/C24H39NO5/c1-7-28-24(29-8-2)17-22(3,4)25(23(5,6)18-24)30-14-13-19-9-11-20(12-10-19)26-15-21-16-27-21/h9-12,21H,7-8,13-18H2,1-6H3. The molecule has 0 aromatic heterocycles. The summed E-state index contributed by atoms with van der Waals surface area (Å²) in [5, 5.41) is 2.16. The summed E-state index contributed by atoms with van der Waals surface area (Å²) in [5.74, 6) is 0.328. The summed E-state index contributed by atoms with van der Waals surface area (Å²) in [6.07, 6.45) is 2.65. The fourth-order valence-electron chi connectivity index (χ4n) is 4.83. The van der Waals surface area contributed by atoms with Crippen LogP contribution in [0.25, 0.3) is 0 Å². The third-order valence-electron chi connectivity index (χ3n) is 5.69. The van der Waals surface area contributed by atoms with Gasteiger partial charge in [-0.05, 0) is 65.7 Å². The number of rotatable bonds is 11. The first-order valence-corrected chi connectivity index (χ1v) is 11.2. The second-order valence-corrected chi connectivity index (χ2v) is 9.54. The van der Waals surface area contributed by atoms with E-state index in [0.717, 1.165) is 31.6 Å². The van der Waals surface area contributed by atoms with E-state index in [-0.39, 0.29) is 17.2 Å². The molecule has 0 saturated carbocycles. The summed E-state index contributed by atoms with van der Waals surface area (Å²) in [6.45, 7) is 16.2. The Bertz CT molecular complexity index is 643. The first-order chi connectivity index (χ1) is 14.2. The maximum Gasteiger partial charge on any atom is 0.171 e. The third-order valence-corrected chi connectivity index (χ3v) is 5.69. The van der Waals surface area contributed by atoms with Gasteiger partial charge in [-0.1, -0.05) is 12.1 Å². The topological polar surface area (TPSA) is 52.7 Å². The van der Waals surface area contributed by atoms with Crippen LogP contribution in [0.2, 0.25) is 0 Å². The number of benzene rings is 1. The summed E-state index contributed by atoms with van der Waals surface area (Å²) in [4.78, 5) is 6.36. The average molecular weight is 422 g/mol. The van der Waals surface area contributed by atoms with Crippen molar-refractivity contribution in [3.05, 3.63) is 29.8 Å². The number of ether oxygens (including phenoxy) is 4. The van der Waals surface area contributed by atoms with Crippen molar-refractivity contribution in [2.24, 2.45) is 0 Å². The second-order valence-electron chi connectivity index (χ2n) is 9.54. The molecule has 6 heteroatoms. The van der Waals surface area contributed by atoms with E-state index in [0.29, 0.717) is 26.4 Å². The molecule has 1 atom stereocenters. The number of nitrogens with zero attached hydrogens (tertiary/aromatic N) is 1. The first kappa shape index (κ1) is 23.5. The summed E-state index contributed by atoms with van der Waals surface area (Å²) in [6, 6.07) is 8.25. The zero-order valence-corrected chi connectivity index (χ0v) is 19.5. The van der Waals surface area contributed by atoms with Crippen LogP contribution >= 0.6 is 0 Å². The first-order valence-electron chi connectivity index (χ1n) is 11.2. The molecule has 2 fully saturated rings. The van der Waals surface area contributed by atoms with E-state index in [1.807, 2.05) is 26.0 Å². The fourth-order valence-corrected chi connectivity index (χ4v) is 4.83. The zero-order valence-electron chi connectivity index (χ0n) is 19.5. The summed E-state index contributed by atoms with van der Waals surface area (Å²) in [5.41, 5.74) is 0.805. The van der Waals surface area contributed by atoms with Crippen LogP contribution in [0, 0.1) is 0 Å². The van der Waals surface area contributed by atoms with Crippen molar-refractivity contribution in [3.8, 4) is 5.75 Å². The number of hydrogen-bond donors (Lipinski definition) is 0. The Morgan fingerprint density at radius 3 is 2.03 bits per heavy atom. The minimum absolute atomic E-state index is 0.214.